The van der Waals surface area contributed by atoms with Crippen molar-refractivity contribution in [1.82, 2.24) is 10.2 Å². The summed E-state index contributed by atoms with van der Waals surface area (Å²) < 4.78 is 73.7. The Bertz CT molecular complexity index is 2010. The van der Waals surface area contributed by atoms with E-state index in [1.165, 1.54) is 40.2 Å². The molecule has 0 radical (unpaired) electrons. The molecule has 72 heavy (non-hydrogen) atoms. The van der Waals surface area contributed by atoms with Crippen molar-refractivity contribution < 1.29 is 81.1 Å². The Morgan fingerprint density at radius 3 is 2.11 bits per heavy atom. The van der Waals surface area contributed by atoms with Crippen molar-refractivity contribution in [3.05, 3.63) is 24.3 Å². The first-order chi connectivity index (χ1) is 33.5. The fourth-order valence-corrected chi connectivity index (χ4v) is 11.3. The van der Waals surface area contributed by atoms with Gasteiger partial charge in [0.25, 0.3) is 0 Å². The summed E-state index contributed by atoms with van der Waals surface area (Å²) in [6, 6.07) is 5.75. The molecule has 19 nitrogen and oxygen atoms in total. The topological polar surface area (TPSA) is 255 Å². The predicted octanol–water partition coefficient (Wildman–Crippen LogP) is 3.97. The van der Waals surface area contributed by atoms with Crippen LogP contribution < -0.4 is 10.1 Å². The number of rotatable bonds is 19. The van der Waals surface area contributed by atoms with Gasteiger partial charge in [0.2, 0.25) is 5.91 Å². The average molecular weight is 1050 g/mol. The minimum Gasteiger partial charge on any atom is -0.494 e. The lowest BCUT2D eigenvalue weighted by Gasteiger charge is -2.50. The number of ether oxygens (including phenoxy) is 8. The summed E-state index contributed by atoms with van der Waals surface area (Å²) >= 11 is 0. The lowest BCUT2D eigenvalue weighted by molar-refractivity contribution is -0.319. The van der Waals surface area contributed by atoms with Crippen LogP contribution in [0.15, 0.2) is 29.2 Å². The van der Waals surface area contributed by atoms with E-state index in [1.807, 2.05) is 25.8 Å². The van der Waals surface area contributed by atoms with E-state index in [0.29, 0.717) is 57.6 Å². The van der Waals surface area contributed by atoms with E-state index >= 15 is 0 Å². The van der Waals surface area contributed by atoms with Crippen LogP contribution in [0.4, 0.5) is 0 Å². The SMILES string of the molecule is CC[C@H]1OC(=O)[C@H](C)[C@@H](O[C@H]2C[C@@](C)(OC)[C@@H](O)[C@H](C)O2)[C@H](C)[C@@H](O[C@H]2O[C@H](C)C[C@H](N(C)CCCCC(=O)NCCCOc3ccc(S(C)(=O)=O)cc3)[C@H]2O)[C@](C)(OC)C[C@@H](C)C(=O)[C@H](C)[C@@H](O)[C@]1(C)O. The van der Waals surface area contributed by atoms with Crippen LogP contribution in [0.3, 0.4) is 0 Å². The first-order valence-electron chi connectivity index (χ1n) is 25.7. The summed E-state index contributed by atoms with van der Waals surface area (Å²) in [4.78, 5) is 43.6. The number of carbonyl (C=O) groups excluding carboxylic acids is 3. The van der Waals surface area contributed by atoms with Crippen molar-refractivity contribution in [2.45, 2.75) is 210 Å². The number of carbonyl (C=O) groups is 3. The summed E-state index contributed by atoms with van der Waals surface area (Å²) in [6.45, 7) is 18.2. The highest BCUT2D eigenvalue weighted by Crippen LogP contribution is 2.42. The van der Waals surface area contributed by atoms with Gasteiger partial charge < -0.3 is 68.5 Å². The van der Waals surface area contributed by atoms with Crippen LogP contribution in [0, 0.1) is 23.7 Å². The molecule has 3 aliphatic heterocycles. The number of hydrogen-bond acceptors (Lipinski definition) is 18. The Labute approximate surface area is 428 Å². The highest BCUT2D eigenvalue weighted by Gasteiger charge is 2.54. The number of likely N-dealkylation sites (N-methyl/N-ethyl adjacent to an activating group) is 1. The number of esters is 1. The Kier molecular flexibility index (Phi) is 22.5. The summed E-state index contributed by atoms with van der Waals surface area (Å²) in [6.07, 6.45) is -6.49. The summed E-state index contributed by atoms with van der Waals surface area (Å²) in [5.41, 5.74) is -4.43. The number of nitrogens with one attached hydrogen (secondary N) is 1. The van der Waals surface area contributed by atoms with E-state index in [-0.39, 0.29) is 42.0 Å². The number of hydrogen-bond donors (Lipinski definition) is 5. The molecule has 3 aliphatic rings. The summed E-state index contributed by atoms with van der Waals surface area (Å²) in [7, 11) is 1.58. The van der Waals surface area contributed by atoms with Crippen molar-refractivity contribution in [2.75, 3.05) is 47.2 Å². The molecule has 5 N–H and O–H groups in total. The van der Waals surface area contributed by atoms with Crippen LogP contribution in [0.1, 0.15) is 121 Å². The van der Waals surface area contributed by atoms with Gasteiger partial charge in [0.05, 0.1) is 59.1 Å². The first kappa shape index (κ1) is 61.7. The molecule has 3 fully saturated rings. The van der Waals surface area contributed by atoms with Crippen LogP contribution in [-0.2, 0) is 57.4 Å². The minimum atomic E-state index is -3.30. The van der Waals surface area contributed by atoms with Crippen molar-refractivity contribution >= 4 is 27.5 Å². The molecule has 18 atom stereocenters. The van der Waals surface area contributed by atoms with Crippen LogP contribution in [0.5, 0.6) is 5.75 Å². The standard InChI is InChI=1S/C52H88N2O17S/c1-15-39-52(10,61)45(58)32(4)42(56)30(2)28-51(9,65-13)47(33(5)44(34(6)48(60)69-39)70-41-29-50(8,64-12)46(59)35(7)68-41)71-49-43(57)38(27-31(3)67-49)54(11)25-17-16-19-40(55)53-24-18-26-66-36-20-22-37(23-21-36)72(14,62)63/h20-23,30-35,38-39,41,43-47,49,57-59,61H,15-19,24-29H2,1-14H3,(H,53,55)/t30-,31-,32+,33+,34-,35+,38+,39-,41+,43-,44+,45-,46+,47-,49-,50-,51-,52-/m1/s1. The molecule has 414 valence electrons. The molecule has 3 heterocycles. The molecule has 0 saturated carbocycles. The van der Waals surface area contributed by atoms with Gasteiger partial charge in [-0.3, -0.25) is 14.4 Å². The number of nitrogens with zero attached hydrogens (tertiary/aromatic N) is 1. The molecule has 1 aromatic carbocycles. The van der Waals surface area contributed by atoms with E-state index in [1.54, 1.807) is 53.7 Å². The summed E-state index contributed by atoms with van der Waals surface area (Å²) in [5, 5.41) is 49.5. The fourth-order valence-electron chi connectivity index (χ4n) is 10.7. The van der Waals surface area contributed by atoms with Crippen LogP contribution in [0.2, 0.25) is 0 Å². The van der Waals surface area contributed by atoms with Gasteiger partial charge in [-0.25, -0.2) is 8.42 Å². The number of Topliss-reactive ketones (excluding diaryl/α,β-unsaturated/α-hetero) is 1. The zero-order chi connectivity index (χ0) is 54.1. The number of methoxy groups -OCH3 is 2. The molecule has 0 unspecified atom stereocenters. The number of sulfone groups is 1. The van der Waals surface area contributed by atoms with Crippen molar-refractivity contribution in [1.29, 1.82) is 0 Å². The largest absolute Gasteiger partial charge is 0.494 e. The van der Waals surface area contributed by atoms with E-state index in [2.05, 4.69) is 5.32 Å². The van der Waals surface area contributed by atoms with Gasteiger partial charge in [0.1, 0.15) is 35.4 Å². The number of cyclic esters (lactones) is 1. The lowest BCUT2D eigenvalue weighted by atomic mass is 9.74. The van der Waals surface area contributed by atoms with Gasteiger partial charge in [0, 0.05) is 63.7 Å². The highest BCUT2D eigenvalue weighted by molar-refractivity contribution is 7.90. The molecule has 4 rings (SSSR count). The monoisotopic (exact) mass is 1040 g/mol. The third-order valence-electron chi connectivity index (χ3n) is 15.5. The molecule has 0 spiro atoms. The molecule has 1 aromatic rings. The fraction of sp³-hybridized carbons (Fsp3) is 0.827. The van der Waals surface area contributed by atoms with Gasteiger partial charge in [0.15, 0.2) is 22.4 Å². The molecule has 0 bridgehead atoms. The second-order valence-electron chi connectivity index (χ2n) is 21.4. The quantitative estimate of drug-likeness (QED) is 0.0971. The number of ketones is 1. The molecule has 3 saturated heterocycles. The molecule has 20 heteroatoms. The molecular formula is C52H88N2O17S. The zero-order valence-corrected chi connectivity index (χ0v) is 46.0. The third-order valence-corrected chi connectivity index (χ3v) is 16.6. The van der Waals surface area contributed by atoms with Crippen LogP contribution in [-0.4, -0.2) is 183 Å². The van der Waals surface area contributed by atoms with E-state index in [9.17, 15) is 43.2 Å². The Hall–Kier alpha value is -2.86. The average Bonchev–Trinajstić information content (AvgIpc) is 3.33. The van der Waals surface area contributed by atoms with Crippen molar-refractivity contribution in [3.63, 3.8) is 0 Å². The number of aliphatic hydroxyl groups is 4. The maximum Gasteiger partial charge on any atom is 0.311 e. The molecule has 0 aromatic heterocycles. The first-order valence-corrected chi connectivity index (χ1v) is 27.6. The maximum atomic E-state index is 14.4. The van der Waals surface area contributed by atoms with Crippen LogP contribution >= 0.6 is 0 Å². The second-order valence-corrected chi connectivity index (χ2v) is 23.4. The second kappa shape index (κ2) is 26.3. The number of amides is 1. The van der Waals surface area contributed by atoms with Crippen molar-refractivity contribution in [2.24, 2.45) is 23.7 Å². The van der Waals surface area contributed by atoms with E-state index in [0.717, 1.165) is 6.26 Å². The Morgan fingerprint density at radius 2 is 1.51 bits per heavy atom. The van der Waals surface area contributed by atoms with Gasteiger partial charge >= 0.3 is 5.97 Å². The number of benzene rings is 1. The minimum absolute atomic E-state index is 0.0522. The third kappa shape index (κ3) is 15.4. The lowest BCUT2D eigenvalue weighted by Crippen LogP contribution is -2.61. The molecule has 1 amide bonds. The predicted molar refractivity (Wildman–Crippen MR) is 267 cm³/mol. The van der Waals surface area contributed by atoms with E-state index in [4.69, 9.17) is 37.9 Å². The Balaban J connectivity index is 1.54. The van der Waals surface area contributed by atoms with Gasteiger partial charge in [-0.15, -0.1) is 0 Å². The Morgan fingerprint density at radius 1 is 0.875 bits per heavy atom. The maximum absolute atomic E-state index is 14.4. The number of aliphatic hydroxyl groups excluding tert-OH is 3. The van der Waals surface area contributed by atoms with Gasteiger partial charge in [-0.05, 0) is 118 Å². The van der Waals surface area contributed by atoms with E-state index < -0.39 is 118 Å². The molecule has 0 aliphatic carbocycles. The summed E-state index contributed by atoms with van der Waals surface area (Å²) in [5.74, 6) is -4.36. The zero-order valence-electron chi connectivity index (χ0n) is 45.2. The molecular weight excluding hydrogens is 957 g/mol. The van der Waals surface area contributed by atoms with Crippen molar-refractivity contribution in [3.8, 4) is 5.75 Å². The smallest absolute Gasteiger partial charge is 0.311 e. The normalized spacial score (nSPS) is 38.7. The van der Waals surface area contributed by atoms with Gasteiger partial charge in [-0.1, -0.05) is 27.7 Å². The van der Waals surface area contributed by atoms with Gasteiger partial charge in [-0.2, -0.15) is 0 Å². The van der Waals surface area contributed by atoms with Crippen LogP contribution in [0.25, 0.3) is 0 Å². The number of unbranched alkanes of at least 4 members (excludes halogenated alkanes) is 1. The highest BCUT2D eigenvalue weighted by atomic mass is 32.2.